The van der Waals surface area contributed by atoms with Crippen LogP contribution in [0.25, 0.3) is 0 Å². The van der Waals surface area contributed by atoms with Gasteiger partial charge in [0.15, 0.2) is 11.4 Å². The van der Waals surface area contributed by atoms with Gasteiger partial charge in [-0.3, -0.25) is 5.32 Å². The Morgan fingerprint density at radius 1 is 1.11 bits per heavy atom. The van der Waals surface area contributed by atoms with Gasteiger partial charge in [0.2, 0.25) is 0 Å². The lowest BCUT2D eigenvalue weighted by Gasteiger charge is -2.35. The third kappa shape index (κ3) is 3.77. The molecule has 1 radical (unpaired) electrons. The number of ether oxygens (including phenoxy) is 1. The van der Waals surface area contributed by atoms with Gasteiger partial charge in [-0.15, -0.1) is 0 Å². The zero-order valence-corrected chi connectivity index (χ0v) is 14.4. The van der Waals surface area contributed by atoms with Crippen molar-refractivity contribution in [2.24, 2.45) is 0 Å². The second-order valence-corrected chi connectivity index (χ2v) is 6.38. The summed E-state index contributed by atoms with van der Waals surface area (Å²) < 4.78 is 83.0. The van der Waals surface area contributed by atoms with Crippen molar-refractivity contribution in [2.75, 3.05) is 25.5 Å². The largest absolute Gasteiger partial charge is 0.481 e. The first-order valence-corrected chi connectivity index (χ1v) is 8.01. The molecule has 0 saturated heterocycles. The number of benzene rings is 2. The van der Waals surface area contributed by atoms with Crippen LogP contribution in [0.1, 0.15) is 11.1 Å². The van der Waals surface area contributed by atoms with Crippen LogP contribution in [0, 0.1) is 6.07 Å². The minimum absolute atomic E-state index is 0.00577. The van der Waals surface area contributed by atoms with E-state index in [-0.39, 0.29) is 19.2 Å². The number of quaternary nitrogens is 1. The number of fused-ring (bicyclic) bond motifs is 1. The minimum Gasteiger partial charge on any atom is -0.481 e. The maximum Gasteiger partial charge on any atom is 0.426 e. The fraction of sp³-hybridized carbons (Fsp3) is 0.278. The highest BCUT2D eigenvalue weighted by Crippen LogP contribution is 2.39. The predicted molar refractivity (Wildman–Crippen MR) is 88.8 cm³/mol. The Morgan fingerprint density at radius 2 is 1.71 bits per heavy atom. The molecule has 10 heteroatoms. The molecule has 1 aliphatic heterocycles. The topological polar surface area (TPSA) is 38.3 Å². The number of likely N-dealkylation sites (N-methyl/N-ethyl adjacent to an activating group) is 1. The van der Waals surface area contributed by atoms with E-state index in [0.717, 1.165) is 0 Å². The first kappa shape index (κ1) is 20.0. The maximum atomic E-state index is 13.0. The van der Waals surface area contributed by atoms with E-state index in [9.17, 15) is 31.1 Å². The number of nitrogens with zero attached hydrogens (tertiary/aromatic N) is 1. The summed E-state index contributed by atoms with van der Waals surface area (Å²) in [6, 6.07) is 7.53. The van der Waals surface area contributed by atoms with E-state index in [4.69, 9.17) is 4.74 Å². The second-order valence-electron chi connectivity index (χ2n) is 6.38. The molecule has 2 aromatic carbocycles. The van der Waals surface area contributed by atoms with E-state index in [1.165, 1.54) is 19.2 Å². The van der Waals surface area contributed by atoms with Gasteiger partial charge in [-0.1, -0.05) is 0 Å². The van der Waals surface area contributed by atoms with Crippen molar-refractivity contribution in [3.63, 3.8) is 0 Å². The third-order valence-corrected chi connectivity index (χ3v) is 4.42. The fourth-order valence-electron chi connectivity index (χ4n) is 2.87. The molecule has 0 bridgehead atoms. The summed E-state index contributed by atoms with van der Waals surface area (Å²) in [5, 5.41) is 2.19. The van der Waals surface area contributed by atoms with Crippen LogP contribution in [0.4, 0.5) is 42.5 Å². The van der Waals surface area contributed by atoms with E-state index < -0.39 is 39.7 Å². The molecule has 4 nitrogen and oxygen atoms in total. The number of hydrogen-bond donors (Lipinski definition) is 1. The molecule has 1 unspecified atom stereocenters. The lowest BCUT2D eigenvalue weighted by Crippen LogP contribution is -2.57. The number of amides is 2. The average molecular weight is 404 g/mol. The zero-order chi connectivity index (χ0) is 20.7. The molecular formula is C18H14F6N2O2+. The number of halogens is 6. The van der Waals surface area contributed by atoms with E-state index in [1.807, 2.05) is 0 Å². The molecule has 28 heavy (non-hydrogen) atoms. The van der Waals surface area contributed by atoms with Gasteiger partial charge < -0.3 is 4.74 Å². The highest BCUT2D eigenvalue weighted by molar-refractivity contribution is 5.98. The van der Waals surface area contributed by atoms with Crippen molar-refractivity contribution in [1.82, 2.24) is 4.48 Å². The number of alkyl halides is 6. The summed E-state index contributed by atoms with van der Waals surface area (Å²) >= 11 is 0. The molecule has 0 spiro atoms. The molecule has 0 saturated carbocycles. The second kappa shape index (κ2) is 6.69. The van der Waals surface area contributed by atoms with Crippen molar-refractivity contribution in [3.05, 3.63) is 53.6 Å². The van der Waals surface area contributed by atoms with Crippen LogP contribution in [0.2, 0.25) is 0 Å². The van der Waals surface area contributed by atoms with Crippen LogP contribution in [0.3, 0.4) is 0 Å². The number of urea groups is 1. The van der Waals surface area contributed by atoms with Crippen LogP contribution >= 0.6 is 0 Å². The van der Waals surface area contributed by atoms with E-state index in [0.29, 0.717) is 23.6 Å². The quantitative estimate of drug-likeness (QED) is 0.532. The van der Waals surface area contributed by atoms with Crippen LogP contribution in [0.5, 0.6) is 5.75 Å². The molecule has 1 heterocycles. The van der Waals surface area contributed by atoms with Crippen molar-refractivity contribution >= 4 is 17.4 Å². The summed E-state index contributed by atoms with van der Waals surface area (Å²) in [6.07, 6.45) is -10.00. The van der Waals surface area contributed by atoms with E-state index >= 15 is 0 Å². The number of carbonyl (C=O) groups is 1. The number of nitrogens with one attached hydrogen (secondary N) is 1. The number of anilines is 1. The standard InChI is InChI=1S/C18H13F6N2O2/c1-26(6-7-28-15-5-3-2-4-14(15)26)16(27)25-13-9-11(17(19,20)21)8-12(10-13)18(22,23)24/h2,4-5,8-10H,6-7H2,1H3/p+1. The molecular weight excluding hydrogens is 390 g/mol. The molecule has 2 aromatic rings. The molecule has 2 amide bonds. The summed E-state index contributed by atoms with van der Waals surface area (Å²) in [5.74, 6) is 0.367. The van der Waals surface area contributed by atoms with Gasteiger partial charge in [0.1, 0.15) is 13.2 Å². The minimum atomic E-state index is -5.00. The van der Waals surface area contributed by atoms with E-state index in [1.54, 1.807) is 6.07 Å². The molecule has 149 valence electrons. The van der Waals surface area contributed by atoms with Crippen molar-refractivity contribution < 1.29 is 35.9 Å². The predicted octanol–water partition coefficient (Wildman–Crippen LogP) is 5.09. The fourth-order valence-corrected chi connectivity index (χ4v) is 2.87. The average Bonchev–Trinajstić information content (AvgIpc) is 2.60. The monoisotopic (exact) mass is 404 g/mol. The molecule has 0 aromatic heterocycles. The lowest BCUT2D eigenvalue weighted by atomic mass is 10.1. The molecule has 1 N–H and O–H groups in total. The highest BCUT2D eigenvalue weighted by Gasteiger charge is 2.41. The molecule has 1 aliphatic rings. The van der Waals surface area contributed by atoms with Crippen molar-refractivity contribution in [3.8, 4) is 5.75 Å². The first-order chi connectivity index (χ1) is 12.9. The van der Waals surface area contributed by atoms with Gasteiger partial charge in [-0.2, -0.15) is 26.3 Å². The van der Waals surface area contributed by atoms with Gasteiger partial charge in [0, 0.05) is 11.8 Å². The number of rotatable bonds is 1. The van der Waals surface area contributed by atoms with Crippen LogP contribution in [-0.4, -0.2) is 26.2 Å². The van der Waals surface area contributed by atoms with Gasteiger partial charge in [0.05, 0.1) is 18.2 Å². The Balaban J connectivity index is 1.99. The van der Waals surface area contributed by atoms with Crippen molar-refractivity contribution in [2.45, 2.75) is 12.4 Å². The summed E-state index contributed by atoms with van der Waals surface area (Å²) in [7, 11) is 1.50. The Morgan fingerprint density at radius 3 is 2.29 bits per heavy atom. The van der Waals surface area contributed by atoms with Gasteiger partial charge in [-0.05, 0) is 36.4 Å². The summed E-state index contributed by atoms with van der Waals surface area (Å²) in [5.41, 5.74) is -3.18. The summed E-state index contributed by atoms with van der Waals surface area (Å²) in [4.78, 5) is 12.8. The molecule has 3 rings (SSSR count). The molecule has 0 aliphatic carbocycles. The Hall–Kier alpha value is -2.75. The normalized spacial score (nSPS) is 19.5. The van der Waals surface area contributed by atoms with Crippen LogP contribution in [-0.2, 0) is 12.4 Å². The maximum absolute atomic E-state index is 13.0. The smallest absolute Gasteiger partial charge is 0.426 e. The number of hydrogen-bond acceptors (Lipinski definition) is 2. The highest BCUT2D eigenvalue weighted by atomic mass is 19.4. The van der Waals surface area contributed by atoms with Crippen molar-refractivity contribution in [1.29, 1.82) is 0 Å². The molecule has 0 fully saturated rings. The molecule has 1 atom stereocenters. The number of carbonyl (C=O) groups excluding carboxylic acids is 1. The first-order valence-electron chi connectivity index (χ1n) is 8.01. The van der Waals surface area contributed by atoms with E-state index in [2.05, 4.69) is 11.4 Å². The Kier molecular flexibility index (Phi) is 4.78. The summed E-state index contributed by atoms with van der Waals surface area (Å²) in [6.45, 7) is 0.291. The SMILES string of the molecule is C[N+]1(C(=O)Nc2cc(C(F)(F)F)cc(C(F)(F)F)c2)CCOc2c[c]ccc21. The van der Waals surface area contributed by atoms with Gasteiger partial charge >= 0.3 is 18.4 Å². The van der Waals surface area contributed by atoms with Gasteiger partial charge in [0.25, 0.3) is 0 Å². The van der Waals surface area contributed by atoms with Crippen LogP contribution < -0.4 is 14.5 Å². The van der Waals surface area contributed by atoms with Crippen LogP contribution in [0.15, 0.2) is 36.4 Å². The lowest BCUT2D eigenvalue weighted by molar-refractivity contribution is -0.143. The Bertz CT molecular complexity index is 877. The third-order valence-electron chi connectivity index (χ3n) is 4.42. The van der Waals surface area contributed by atoms with Gasteiger partial charge in [-0.25, -0.2) is 9.28 Å². The zero-order valence-electron chi connectivity index (χ0n) is 14.4. The Labute approximate surface area is 155 Å².